The molecule has 2 amide bonds. The first kappa shape index (κ1) is 14.1. The van der Waals surface area contributed by atoms with Gasteiger partial charge in [-0.05, 0) is 26.3 Å². The second-order valence-electron chi connectivity index (χ2n) is 5.54. The van der Waals surface area contributed by atoms with Crippen LogP contribution >= 0.6 is 0 Å². The first-order valence-electron chi connectivity index (χ1n) is 6.99. The standard InChI is InChI=1S/C13H23N3O3/c1-10(12(17)18)14(2)13(19)16-8-7-15-6-4-3-5-11(15)9-16/h10-11H,3-9H2,1-2H3,(H,17,18). The molecule has 19 heavy (non-hydrogen) atoms. The quantitative estimate of drug-likeness (QED) is 0.801. The minimum Gasteiger partial charge on any atom is -0.480 e. The van der Waals surface area contributed by atoms with Crippen molar-refractivity contribution in [3.8, 4) is 0 Å². The minimum atomic E-state index is -0.966. The Morgan fingerprint density at radius 1 is 1.26 bits per heavy atom. The Kier molecular flexibility index (Phi) is 4.29. The molecule has 2 aliphatic rings. The number of hydrogen-bond donors (Lipinski definition) is 1. The van der Waals surface area contributed by atoms with Crippen LogP contribution in [0.4, 0.5) is 4.79 Å². The zero-order chi connectivity index (χ0) is 14.0. The Morgan fingerprint density at radius 2 is 2.00 bits per heavy atom. The highest BCUT2D eigenvalue weighted by atomic mass is 16.4. The maximum atomic E-state index is 12.3. The van der Waals surface area contributed by atoms with Crippen molar-refractivity contribution in [3.05, 3.63) is 0 Å². The number of aliphatic carboxylic acids is 1. The number of carboxylic acids is 1. The summed E-state index contributed by atoms with van der Waals surface area (Å²) >= 11 is 0. The average molecular weight is 269 g/mol. The summed E-state index contributed by atoms with van der Waals surface area (Å²) in [7, 11) is 1.56. The van der Waals surface area contributed by atoms with Crippen LogP contribution in [-0.2, 0) is 4.79 Å². The Labute approximate surface area is 114 Å². The highest BCUT2D eigenvalue weighted by Crippen LogP contribution is 2.21. The van der Waals surface area contributed by atoms with Gasteiger partial charge in [-0.1, -0.05) is 6.42 Å². The Morgan fingerprint density at radius 3 is 2.68 bits per heavy atom. The maximum Gasteiger partial charge on any atom is 0.326 e. The van der Waals surface area contributed by atoms with E-state index in [9.17, 15) is 9.59 Å². The lowest BCUT2D eigenvalue weighted by atomic mass is 10.00. The van der Waals surface area contributed by atoms with Crippen LogP contribution < -0.4 is 0 Å². The van der Waals surface area contributed by atoms with Gasteiger partial charge in [-0.25, -0.2) is 9.59 Å². The topological polar surface area (TPSA) is 64.1 Å². The largest absolute Gasteiger partial charge is 0.480 e. The Bertz CT molecular complexity index is 361. The third kappa shape index (κ3) is 3.00. The molecule has 0 aromatic heterocycles. The van der Waals surface area contributed by atoms with E-state index in [1.54, 1.807) is 11.9 Å². The lowest BCUT2D eigenvalue weighted by Crippen LogP contribution is -2.59. The van der Waals surface area contributed by atoms with Gasteiger partial charge in [-0.3, -0.25) is 4.90 Å². The minimum absolute atomic E-state index is 0.167. The van der Waals surface area contributed by atoms with Gasteiger partial charge in [-0.2, -0.15) is 0 Å². The molecule has 0 bridgehead atoms. The van der Waals surface area contributed by atoms with E-state index in [0.29, 0.717) is 12.6 Å². The van der Waals surface area contributed by atoms with Crippen molar-refractivity contribution in [3.63, 3.8) is 0 Å². The molecule has 0 aromatic carbocycles. The van der Waals surface area contributed by atoms with Gasteiger partial charge in [0.05, 0.1) is 0 Å². The predicted octanol–water partition coefficient (Wildman–Crippen LogP) is 0.681. The smallest absolute Gasteiger partial charge is 0.326 e. The van der Waals surface area contributed by atoms with E-state index < -0.39 is 12.0 Å². The first-order chi connectivity index (χ1) is 9.00. The van der Waals surface area contributed by atoms with Crippen molar-refractivity contribution in [2.75, 3.05) is 33.2 Å². The van der Waals surface area contributed by atoms with Gasteiger partial charge in [0.2, 0.25) is 0 Å². The number of amides is 2. The number of rotatable bonds is 2. The van der Waals surface area contributed by atoms with Crippen molar-refractivity contribution in [1.82, 2.24) is 14.7 Å². The molecule has 2 fully saturated rings. The van der Waals surface area contributed by atoms with Crippen LogP contribution in [0.3, 0.4) is 0 Å². The van der Waals surface area contributed by atoms with Gasteiger partial charge in [0.15, 0.2) is 0 Å². The van der Waals surface area contributed by atoms with Crippen molar-refractivity contribution in [2.24, 2.45) is 0 Å². The average Bonchev–Trinajstić information content (AvgIpc) is 2.44. The van der Waals surface area contributed by atoms with Crippen molar-refractivity contribution in [2.45, 2.75) is 38.3 Å². The van der Waals surface area contributed by atoms with Crippen LogP contribution in [0.5, 0.6) is 0 Å². The molecule has 0 saturated carbocycles. The molecule has 0 aromatic rings. The molecule has 0 spiro atoms. The molecule has 2 saturated heterocycles. The molecule has 2 aliphatic heterocycles. The van der Waals surface area contributed by atoms with Crippen LogP contribution in [0.15, 0.2) is 0 Å². The van der Waals surface area contributed by atoms with Gasteiger partial charge in [0.25, 0.3) is 0 Å². The number of piperidine rings is 1. The number of fused-ring (bicyclic) bond motifs is 1. The molecule has 1 N–H and O–H groups in total. The number of hydrogen-bond acceptors (Lipinski definition) is 3. The number of carbonyl (C=O) groups excluding carboxylic acids is 1. The number of nitrogens with zero attached hydrogens (tertiary/aromatic N) is 3. The highest BCUT2D eigenvalue weighted by Gasteiger charge is 2.33. The fraction of sp³-hybridized carbons (Fsp3) is 0.846. The summed E-state index contributed by atoms with van der Waals surface area (Å²) in [6.45, 7) is 5.01. The molecular formula is C13H23N3O3. The van der Waals surface area contributed by atoms with Crippen LogP contribution in [0.1, 0.15) is 26.2 Å². The van der Waals surface area contributed by atoms with Crippen molar-refractivity contribution < 1.29 is 14.7 Å². The zero-order valence-electron chi connectivity index (χ0n) is 11.7. The van der Waals surface area contributed by atoms with Gasteiger partial charge >= 0.3 is 12.0 Å². The monoisotopic (exact) mass is 269 g/mol. The predicted molar refractivity (Wildman–Crippen MR) is 71.0 cm³/mol. The third-order valence-electron chi connectivity index (χ3n) is 4.35. The summed E-state index contributed by atoms with van der Waals surface area (Å²) in [5.41, 5.74) is 0. The summed E-state index contributed by atoms with van der Waals surface area (Å²) in [5, 5.41) is 8.97. The van der Waals surface area contributed by atoms with Crippen LogP contribution in [-0.4, -0.2) is 77.1 Å². The summed E-state index contributed by atoms with van der Waals surface area (Å²) in [5.74, 6) is -0.966. The van der Waals surface area contributed by atoms with Gasteiger partial charge in [-0.15, -0.1) is 0 Å². The molecule has 6 heteroatoms. The summed E-state index contributed by atoms with van der Waals surface area (Å²) in [6, 6.07) is -0.489. The second kappa shape index (κ2) is 5.77. The lowest BCUT2D eigenvalue weighted by molar-refractivity contribution is -0.141. The van der Waals surface area contributed by atoms with E-state index in [1.165, 1.54) is 24.7 Å². The molecule has 2 rings (SSSR count). The van der Waals surface area contributed by atoms with E-state index in [4.69, 9.17) is 5.11 Å². The van der Waals surface area contributed by atoms with Gasteiger partial charge in [0, 0.05) is 32.7 Å². The van der Waals surface area contributed by atoms with E-state index in [0.717, 1.165) is 26.1 Å². The third-order valence-corrected chi connectivity index (χ3v) is 4.35. The molecule has 2 unspecified atom stereocenters. The lowest BCUT2D eigenvalue weighted by Gasteiger charge is -2.45. The summed E-state index contributed by atoms with van der Waals surface area (Å²) in [4.78, 5) is 28.8. The fourth-order valence-corrected chi connectivity index (χ4v) is 2.88. The van der Waals surface area contributed by atoms with E-state index in [-0.39, 0.29) is 6.03 Å². The number of likely N-dealkylation sites (N-methyl/N-ethyl adjacent to an activating group) is 1. The van der Waals surface area contributed by atoms with Gasteiger partial charge < -0.3 is 14.9 Å². The summed E-state index contributed by atoms with van der Waals surface area (Å²) < 4.78 is 0. The second-order valence-corrected chi connectivity index (χ2v) is 5.54. The van der Waals surface area contributed by atoms with E-state index in [2.05, 4.69) is 4.90 Å². The fourth-order valence-electron chi connectivity index (χ4n) is 2.88. The number of carbonyl (C=O) groups is 2. The SMILES string of the molecule is CC(C(=O)O)N(C)C(=O)N1CCN2CCCCC2C1. The van der Waals surface area contributed by atoms with Crippen molar-refractivity contribution >= 4 is 12.0 Å². The maximum absolute atomic E-state index is 12.3. The Hall–Kier alpha value is -1.30. The molecule has 2 atom stereocenters. The number of carboxylic acid groups (broad SMARTS) is 1. The molecule has 0 radical (unpaired) electrons. The van der Waals surface area contributed by atoms with E-state index in [1.807, 2.05) is 0 Å². The van der Waals surface area contributed by atoms with Crippen molar-refractivity contribution in [1.29, 1.82) is 0 Å². The van der Waals surface area contributed by atoms with Crippen LogP contribution in [0.2, 0.25) is 0 Å². The molecule has 6 nitrogen and oxygen atoms in total. The first-order valence-corrected chi connectivity index (χ1v) is 6.99. The van der Waals surface area contributed by atoms with Crippen LogP contribution in [0, 0.1) is 0 Å². The number of piperazine rings is 1. The normalized spacial score (nSPS) is 25.6. The summed E-state index contributed by atoms with van der Waals surface area (Å²) in [6.07, 6.45) is 3.62. The molecule has 108 valence electrons. The zero-order valence-corrected chi connectivity index (χ0v) is 11.7. The number of urea groups is 1. The molecule has 2 heterocycles. The van der Waals surface area contributed by atoms with Crippen LogP contribution in [0.25, 0.3) is 0 Å². The molecular weight excluding hydrogens is 246 g/mol. The highest BCUT2D eigenvalue weighted by molar-refractivity contribution is 5.82. The van der Waals surface area contributed by atoms with E-state index >= 15 is 0 Å². The van der Waals surface area contributed by atoms with Gasteiger partial charge in [0.1, 0.15) is 6.04 Å². The molecule has 0 aliphatic carbocycles. The Balaban J connectivity index is 1.95.